The Kier molecular flexibility index (Phi) is 2.40. The molecular weight excluding hydrogens is 221 g/mol. The van der Waals surface area contributed by atoms with E-state index >= 15 is 0 Å². The number of rotatable bonds is 1. The lowest BCUT2D eigenvalue weighted by Gasteiger charge is -1.93. The zero-order chi connectivity index (χ0) is 10.1. The first kappa shape index (κ1) is 9.45. The second-order valence-corrected chi connectivity index (χ2v) is 4.51. The van der Waals surface area contributed by atoms with Crippen LogP contribution < -0.4 is 0 Å². The average molecular weight is 226 g/mol. The molecule has 1 nitrogen and oxygen atoms in total. The molecule has 0 N–H and O–H groups in total. The van der Waals surface area contributed by atoms with Crippen LogP contribution >= 0.6 is 22.9 Å². The van der Waals surface area contributed by atoms with Crippen LogP contribution in [0.25, 0.3) is 10.1 Å². The van der Waals surface area contributed by atoms with Gasteiger partial charge in [-0.05, 0) is 11.6 Å². The molecule has 0 bridgehead atoms. The molecule has 70 valence electrons. The first-order valence-corrected chi connectivity index (χ1v) is 5.15. The molecule has 4 heteroatoms. The summed E-state index contributed by atoms with van der Waals surface area (Å²) in [4.78, 5) is 0. The Labute approximate surface area is 89.3 Å². The standard InChI is InChI=1S/C10H5ClFNS/c11-10-9(12)7-2-1-6(3-4-13)5-8(7)14-10/h1-2,5H,3H2. The smallest absolute Gasteiger partial charge is 0.160 e. The average Bonchev–Trinajstić information content (AvgIpc) is 2.43. The van der Waals surface area contributed by atoms with Gasteiger partial charge in [0, 0.05) is 10.1 Å². The number of benzene rings is 1. The molecule has 0 atom stereocenters. The van der Waals surface area contributed by atoms with Gasteiger partial charge < -0.3 is 0 Å². The predicted octanol–water partition coefficient (Wildman–Crippen LogP) is 3.76. The summed E-state index contributed by atoms with van der Waals surface area (Å²) in [6.07, 6.45) is 0.340. The van der Waals surface area contributed by atoms with E-state index in [2.05, 4.69) is 0 Å². The minimum absolute atomic E-state index is 0.175. The molecule has 0 spiro atoms. The number of nitrogens with zero attached hydrogens (tertiary/aromatic N) is 1. The van der Waals surface area contributed by atoms with Gasteiger partial charge in [-0.15, -0.1) is 11.3 Å². The second-order valence-electron chi connectivity index (χ2n) is 2.86. The SMILES string of the molecule is N#CCc1ccc2c(F)c(Cl)sc2c1. The maximum absolute atomic E-state index is 13.3. The van der Waals surface area contributed by atoms with Crippen LogP contribution in [0, 0.1) is 17.1 Å². The Hall–Kier alpha value is -1.11. The highest BCUT2D eigenvalue weighted by Gasteiger charge is 2.09. The molecule has 2 rings (SSSR count). The van der Waals surface area contributed by atoms with Crippen LogP contribution in [0.5, 0.6) is 0 Å². The number of fused-ring (bicyclic) bond motifs is 1. The molecule has 0 aliphatic carbocycles. The Morgan fingerprint density at radius 2 is 2.29 bits per heavy atom. The number of hydrogen-bond donors (Lipinski definition) is 0. The normalized spacial score (nSPS) is 10.4. The molecule has 2 aromatic rings. The third-order valence-electron chi connectivity index (χ3n) is 1.94. The fraction of sp³-hybridized carbons (Fsp3) is 0.100. The van der Waals surface area contributed by atoms with Crippen molar-refractivity contribution in [1.29, 1.82) is 5.26 Å². The topological polar surface area (TPSA) is 23.8 Å². The summed E-state index contributed by atoms with van der Waals surface area (Å²) in [6, 6.07) is 7.27. The van der Waals surface area contributed by atoms with Crippen molar-refractivity contribution in [3.8, 4) is 6.07 Å². The van der Waals surface area contributed by atoms with Crippen molar-refractivity contribution in [1.82, 2.24) is 0 Å². The summed E-state index contributed by atoms with van der Waals surface area (Å²) >= 11 is 6.86. The molecule has 14 heavy (non-hydrogen) atoms. The zero-order valence-electron chi connectivity index (χ0n) is 7.05. The summed E-state index contributed by atoms with van der Waals surface area (Å²) in [6.45, 7) is 0. The lowest BCUT2D eigenvalue weighted by atomic mass is 10.1. The fourth-order valence-electron chi connectivity index (χ4n) is 1.28. The minimum Gasteiger partial charge on any atom is -0.204 e. The van der Waals surface area contributed by atoms with Crippen molar-refractivity contribution in [2.24, 2.45) is 0 Å². The van der Waals surface area contributed by atoms with E-state index in [1.54, 1.807) is 18.2 Å². The maximum Gasteiger partial charge on any atom is 0.160 e. The molecule has 0 saturated heterocycles. The molecule has 0 aliphatic rings. The molecule has 0 amide bonds. The highest BCUT2D eigenvalue weighted by atomic mass is 35.5. The summed E-state index contributed by atoms with van der Waals surface area (Å²) in [5.41, 5.74) is 0.887. The number of nitriles is 1. The van der Waals surface area contributed by atoms with Crippen molar-refractivity contribution in [2.45, 2.75) is 6.42 Å². The van der Waals surface area contributed by atoms with E-state index in [9.17, 15) is 4.39 Å². The van der Waals surface area contributed by atoms with Crippen molar-refractivity contribution < 1.29 is 4.39 Å². The van der Waals surface area contributed by atoms with E-state index in [4.69, 9.17) is 16.9 Å². The van der Waals surface area contributed by atoms with Gasteiger partial charge in [-0.2, -0.15) is 5.26 Å². The molecule has 0 unspecified atom stereocenters. The van der Waals surface area contributed by atoms with Crippen LogP contribution in [0.3, 0.4) is 0 Å². The number of hydrogen-bond acceptors (Lipinski definition) is 2. The molecule has 0 radical (unpaired) electrons. The highest BCUT2D eigenvalue weighted by Crippen LogP contribution is 2.34. The van der Waals surface area contributed by atoms with E-state index in [1.165, 1.54) is 11.3 Å². The Morgan fingerprint density at radius 3 is 3.00 bits per heavy atom. The summed E-state index contributed by atoms with van der Waals surface area (Å²) in [7, 11) is 0. The van der Waals surface area contributed by atoms with E-state index in [-0.39, 0.29) is 10.2 Å². The monoisotopic (exact) mass is 225 g/mol. The Bertz CT molecular complexity index is 527. The van der Waals surface area contributed by atoms with Crippen LogP contribution in [0.2, 0.25) is 4.34 Å². The van der Waals surface area contributed by atoms with Crippen molar-refractivity contribution in [3.05, 3.63) is 33.9 Å². The van der Waals surface area contributed by atoms with E-state index in [0.29, 0.717) is 11.8 Å². The van der Waals surface area contributed by atoms with Crippen LogP contribution in [-0.4, -0.2) is 0 Å². The Balaban J connectivity index is 2.63. The second kappa shape index (κ2) is 3.56. The van der Waals surface area contributed by atoms with E-state index in [0.717, 1.165) is 10.3 Å². The quantitative estimate of drug-likeness (QED) is 0.725. The van der Waals surface area contributed by atoms with Gasteiger partial charge in [0.15, 0.2) is 5.82 Å². The zero-order valence-corrected chi connectivity index (χ0v) is 8.62. The maximum atomic E-state index is 13.3. The summed E-state index contributed by atoms with van der Waals surface area (Å²) in [5.74, 6) is -0.366. The number of halogens is 2. The van der Waals surface area contributed by atoms with E-state index < -0.39 is 0 Å². The third-order valence-corrected chi connectivity index (χ3v) is 3.25. The minimum atomic E-state index is -0.366. The van der Waals surface area contributed by atoms with E-state index in [1.807, 2.05) is 6.07 Å². The van der Waals surface area contributed by atoms with Gasteiger partial charge in [0.25, 0.3) is 0 Å². The predicted molar refractivity (Wildman–Crippen MR) is 56.1 cm³/mol. The van der Waals surface area contributed by atoms with Gasteiger partial charge in [0.05, 0.1) is 12.5 Å². The van der Waals surface area contributed by atoms with Gasteiger partial charge >= 0.3 is 0 Å². The molecule has 1 aromatic carbocycles. The largest absolute Gasteiger partial charge is 0.204 e. The van der Waals surface area contributed by atoms with Gasteiger partial charge in [-0.25, -0.2) is 4.39 Å². The lowest BCUT2D eigenvalue weighted by Crippen LogP contribution is -1.79. The molecule has 1 heterocycles. The van der Waals surface area contributed by atoms with Crippen LogP contribution in [0.4, 0.5) is 4.39 Å². The summed E-state index contributed by atoms with van der Waals surface area (Å²) < 4.78 is 14.3. The highest BCUT2D eigenvalue weighted by molar-refractivity contribution is 7.22. The van der Waals surface area contributed by atoms with Crippen molar-refractivity contribution >= 4 is 33.0 Å². The van der Waals surface area contributed by atoms with Crippen LogP contribution in [0.1, 0.15) is 5.56 Å². The lowest BCUT2D eigenvalue weighted by molar-refractivity contribution is 0.644. The van der Waals surface area contributed by atoms with Gasteiger partial charge in [-0.1, -0.05) is 23.7 Å². The molecule has 0 saturated carbocycles. The summed E-state index contributed by atoms with van der Waals surface area (Å²) in [5, 5.41) is 9.03. The van der Waals surface area contributed by atoms with Crippen molar-refractivity contribution in [3.63, 3.8) is 0 Å². The first-order chi connectivity index (χ1) is 6.72. The fourth-order valence-corrected chi connectivity index (χ4v) is 2.50. The molecule has 1 aromatic heterocycles. The van der Waals surface area contributed by atoms with Crippen LogP contribution in [-0.2, 0) is 6.42 Å². The van der Waals surface area contributed by atoms with Gasteiger partial charge in [-0.3, -0.25) is 0 Å². The van der Waals surface area contributed by atoms with Crippen LogP contribution in [0.15, 0.2) is 18.2 Å². The van der Waals surface area contributed by atoms with Gasteiger partial charge in [0.1, 0.15) is 4.34 Å². The number of thiophene rings is 1. The molecule has 0 aliphatic heterocycles. The first-order valence-electron chi connectivity index (χ1n) is 3.95. The molecular formula is C10H5ClFNS. The van der Waals surface area contributed by atoms with Gasteiger partial charge in [0.2, 0.25) is 0 Å². The Morgan fingerprint density at radius 1 is 1.50 bits per heavy atom. The van der Waals surface area contributed by atoms with Crippen molar-refractivity contribution in [2.75, 3.05) is 0 Å². The third kappa shape index (κ3) is 1.47. The molecule has 0 fully saturated rings.